The summed E-state index contributed by atoms with van der Waals surface area (Å²) in [4.78, 5) is 12.1. The minimum atomic E-state index is -0.434. The average molecular weight is 263 g/mol. The summed E-state index contributed by atoms with van der Waals surface area (Å²) in [6, 6.07) is 6.79. The summed E-state index contributed by atoms with van der Waals surface area (Å²) in [7, 11) is 0. The molecule has 2 unspecified atom stereocenters. The van der Waals surface area contributed by atoms with Gasteiger partial charge in [0, 0.05) is 11.3 Å². The van der Waals surface area contributed by atoms with Crippen molar-refractivity contribution in [1.82, 2.24) is 5.32 Å². The lowest BCUT2D eigenvalue weighted by Crippen LogP contribution is -2.42. The molecule has 0 spiro atoms. The van der Waals surface area contributed by atoms with Gasteiger partial charge < -0.3 is 15.8 Å². The molecule has 5 nitrogen and oxygen atoms in total. The van der Waals surface area contributed by atoms with Gasteiger partial charge in [-0.25, -0.2) is 0 Å². The van der Waals surface area contributed by atoms with Crippen molar-refractivity contribution in [2.75, 3.05) is 5.43 Å². The average Bonchev–Trinajstić information content (AvgIpc) is 2.64. The Morgan fingerprint density at radius 1 is 1.16 bits per heavy atom. The number of anilines is 1. The van der Waals surface area contributed by atoms with Gasteiger partial charge in [0.05, 0.1) is 12.1 Å². The van der Waals surface area contributed by atoms with Crippen LogP contribution in [0.2, 0.25) is 0 Å². The molecule has 1 aromatic carbocycles. The standard InChI is InChI=1S/C14H21N3O2/c15-17-11-8-6-10(7-9-11)14(19)16-12-4-2-1-3-5-13(12)18/h6-9,12-13,17-18H,1-5,15H2,(H,16,19). The number of aliphatic hydroxyl groups is 1. The highest BCUT2D eigenvalue weighted by molar-refractivity contribution is 5.94. The fourth-order valence-corrected chi connectivity index (χ4v) is 2.43. The van der Waals surface area contributed by atoms with Crippen LogP contribution in [0, 0.1) is 0 Å². The highest BCUT2D eigenvalue weighted by Crippen LogP contribution is 2.18. The molecule has 2 atom stereocenters. The Hall–Kier alpha value is -1.59. The lowest BCUT2D eigenvalue weighted by Gasteiger charge is -2.21. The van der Waals surface area contributed by atoms with Gasteiger partial charge in [-0.1, -0.05) is 19.3 Å². The van der Waals surface area contributed by atoms with Crippen LogP contribution in [0.3, 0.4) is 0 Å². The van der Waals surface area contributed by atoms with E-state index in [2.05, 4.69) is 10.7 Å². The predicted octanol–water partition coefficient (Wildman–Crippen LogP) is 1.40. The minimum absolute atomic E-state index is 0.137. The smallest absolute Gasteiger partial charge is 0.251 e. The van der Waals surface area contributed by atoms with Crippen molar-refractivity contribution in [2.45, 2.75) is 44.2 Å². The molecule has 104 valence electrons. The molecule has 0 aromatic heterocycles. The molecule has 19 heavy (non-hydrogen) atoms. The van der Waals surface area contributed by atoms with Crippen LogP contribution in [0.25, 0.3) is 0 Å². The topological polar surface area (TPSA) is 87.4 Å². The van der Waals surface area contributed by atoms with Crippen molar-refractivity contribution in [3.63, 3.8) is 0 Å². The Kier molecular flexibility index (Phi) is 4.76. The van der Waals surface area contributed by atoms with E-state index in [9.17, 15) is 9.90 Å². The molecule has 1 saturated carbocycles. The molecule has 1 amide bonds. The molecule has 1 aromatic rings. The first kappa shape index (κ1) is 13.8. The summed E-state index contributed by atoms with van der Waals surface area (Å²) in [5.74, 6) is 5.13. The molecule has 2 rings (SSSR count). The summed E-state index contributed by atoms with van der Waals surface area (Å²) in [6.45, 7) is 0. The van der Waals surface area contributed by atoms with E-state index >= 15 is 0 Å². The lowest BCUT2D eigenvalue weighted by atomic mass is 10.1. The number of nitrogen functional groups attached to an aromatic ring is 1. The fourth-order valence-electron chi connectivity index (χ4n) is 2.43. The number of rotatable bonds is 3. The van der Waals surface area contributed by atoms with E-state index in [0.717, 1.165) is 37.8 Å². The molecule has 5 N–H and O–H groups in total. The van der Waals surface area contributed by atoms with Crippen LogP contribution < -0.4 is 16.6 Å². The Morgan fingerprint density at radius 2 is 1.84 bits per heavy atom. The highest BCUT2D eigenvalue weighted by atomic mass is 16.3. The number of benzene rings is 1. The van der Waals surface area contributed by atoms with Crippen LogP contribution in [0.15, 0.2) is 24.3 Å². The van der Waals surface area contributed by atoms with Gasteiger partial charge in [0.2, 0.25) is 0 Å². The third kappa shape index (κ3) is 3.68. The van der Waals surface area contributed by atoms with Crippen molar-refractivity contribution in [3.8, 4) is 0 Å². The van der Waals surface area contributed by atoms with Crippen LogP contribution in [0.1, 0.15) is 42.5 Å². The fraction of sp³-hybridized carbons (Fsp3) is 0.500. The van der Waals surface area contributed by atoms with Crippen LogP contribution in [-0.2, 0) is 0 Å². The molecule has 0 heterocycles. The second-order valence-corrected chi connectivity index (χ2v) is 5.01. The number of hydrogen-bond acceptors (Lipinski definition) is 4. The van der Waals surface area contributed by atoms with E-state index in [1.54, 1.807) is 24.3 Å². The molecular weight excluding hydrogens is 242 g/mol. The second kappa shape index (κ2) is 6.54. The SMILES string of the molecule is NNc1ccc(C(=O)NC2CCCCCC2O)cc1. The highest BCUT2D eigenvalue weighted by Gasteiger charge is 2.23. The number of carbonyl (C=O) groups excluding carboxylic acids is 1. The van der Waals surface area contributed by atoms with Gasteiger partial charge in [0.25, 0.3) is 5.91 Å². The van der Waals surface area contributed by atoms with Crippen molar-refractivity contribution in [1.29, 1.82) is 0 Å². The van der Waals surface area contributed by atoms with Gasteiger partial charge >= 0.3 is 0 Å². The van der Waals surface area contributed by atoms with Gasteiger partial charge in [-0.2, -0.15) is 0 Å². The lowest BCUT2D eigenvalue weighted by molar-refractivity contribution is 0.0819. The number of carbonyl (C=O) groups is 1. The van der Waals surface area contributed by atoms with Gasteiger partial charge in [-0.3, -0.25) is 10.6 Å². The van der Waals surface area contributed by atoms with E-state index in [1.807, 2.05) is 0 Å². The summed E-state index contributed by atoms with van der Waals surface area (Å²) in [5.41, 5.74) is 3.85. The Morgan fingerprint density at radius 3 is 2.53 bits per heavy atom. The minimum Gasteiger partial charge on any atom is -0.391 e. The first-order valence-corrected chi connectivity index (χ1v) is 6.76. The number of nitrogens with one attached hydrogen (secondary N) is 2. The van der Waals surface area contributed by atoms with E-state index in [4.69, 9.17) is 5.84 Å². The zero-order chi connectivity index (χ0) is 13.7. The molecule has 0 aliphatic heterocycles. The monoisotopic (exact) mass is 263 g/mol. The molecule has 1 aliphatic carbocycles. The number of hydrazine groups is 1. The maximum atomic E-state index is 12.1. The molecule has 5 heteroatoms. The Bertz CT molecular complexity index is 419. The largest absolute Gasteiger partial charge is 0.391 e. The number of amides is 1. The molecule has 0 radical (unpaired) electrons. The van der Waals surface area contributed by atoms with Crippen molar-refractivity contribution >= 4 is 11.6 Å². The van der Waals surface area contributed by atoms with Crippen molar-refractivity contribution in [3.05, 3.63) is 29.8 Å². The van der Waals surface area contributed by atoms with Gasteiger partial charge in [-0.05, 0) is 37.1 Å². The molecule has 0 saturated heterocycles. The van der Waals surface area contributed by atoms with Gasteiger partial charge in [0.15, 0.2) is 0 Å². The van der Waals surface area contributed by atoms with Crippen LogP contribution in [0.4, 0.5) is 5.69 Å². The first-order chi connectivity index (χ1) is 9.20. The van der Waals surface area contributed by atoms with E-state index in [1.165, 1.54) is 0 Å². The van der Waals surface area contributed by atoms with Crippen LogP contribution >= 0.6 is 0 Å². The zero-order valence-electron chi connectivity index (χ0n) is 10.9. The van der Waals surface area contributed by atoms with Crippen molar-refractivity contribution in [2.24, 2.45) is 5.84 Å². The zero-order valence-corrected chi connectivity index (χ0v) is 10.9. The summed E-state index contributed by atoms with van der Waals surface area (Å²) < 4.78 is 0. The molecular formula is C14H21N3O2. The normalized spacial score (nSPS) is 23.5. The Balaban J connectivity index is 1.98. The third-order valence-electron chi connectivity index (χ3n) is 3.61. The summed E-state index contributed by atoms with van der Waals surface area (Å²) in [5, 5.41) is 12.9. The first-order valence-electron chi connectivity index (χ1n) is 6.76. The Labute approximate surface area is 113 Å². The summed E-state index contributed by atoms with van der Waals surface area (Å²) >= 11 is 0. The van der Waals surface area contributed by atoms with E-state index < -0.39 is 6.10 Å². The second-order valence-electron chi connectivity index (χ2n) is 5.01. The van der Waals surface area contributed by atoms with E-state index in [0.29, 0.717) is 5.56 Å². The summed E-state index contributed by atoms with van der Waals surface area (Å²) in [6.07, 6.45) is 4.38. The van der Waals surface area contributed by atoms with Crippen LogP contribution in [0.5, 0.6) is 0 Å². The number of hydrogen-bond donors (Lipinski definition) is 4. The van der Waals surface area contributed by atoms with Crippen molar-refractivity contribution < 1.29 is 9.90 Å². The third-order valence-corrected chi connectivity index (χ3v) is 3.61. The molecule has 1 aliphatic rings. The van der Waals surface area contributed by atoms with Gasteiger partial charge in [0.1, 0.15) is 0 Å². The van der Waals surface area contributed by atoms with E-state index in [-0.39, 0.29) is 11.9 Å². The maximum Gasteiger partial charge on any atom is 0.251 e. The molecule has 1 fully saturated rings. The quantitative estimate of drug-likeness (QED) is 0.377. The number of aliphatic hydroxyl groups excluding tert-OH is 1. The molecule has 0 bridgehead atoms. The van der Waals surface area contributed by atoms with Crippen LogP contribution in [-0.4, -0.2) is 23.2 Å². The van der Waals surface area contributed by atoms with Gasteiger partial charge in [-0.15, -0.1) is 0 Å². The maximum absolute atomic E-state index is 12.1. The number of nitrogens with two attached hydrogens (primary N) is 1. The predicted molar refractivity (Wildman–Crippen MR) is 74.6 cm³/mol.